The Kier molecular flexibility index (Phi) is 8.77. The quantitative estimate of drug-likeness (QED) is 0.442. The first kappa shape index (κ1) is 15.1. The molecule has 0 spiro atoms. The highest BCUT2D eigenvalue weighted by atomic mass is 19.3. The topological polar surface area (TPSA) is 20.3 Å². The lowest BCUT2D eigenvalue weighted by Gasteiger charge is -2.18. The zero-order chi connectivity index (χ0) is 12.4. The van der Waals surface area contributed by atoms with Crippen LogP contribution in [0.2, 0.25) is 0 Å². The Morgan fingerprint density at radius 3 is 2.44 bits per heavy atom. The Morgan fingerprint density at radius 1 is 1.31 bits per heavy atom. The molecule has 1 amide bonds. The highest BCUT2D eigenvalue weighted by Gasteiger charge is 2.06. The van der Waals surface area contributed by atoms with Crippen LogP contribution in [0, 0.1) is 0 Å². The number of hydrogen-bond donors (Lipinski definition) is 0. The van der Waals surface area contributed by atoms with E-state index in [4.69, 9.17) is 0 Å². The first-order valence-electron chi connectivity index (χ1n) is 5.81. The van der Waals surface area contributed by atoms with Crippen molar-refractivity contribution in [2.75, 3.05) is 13.1 Å². The smallest absolute Gasteiger partial charge is 0.245 e. The SMILES string of the molecule is C=CC(=O)N(CC)CCCCCCC(F)F. The van der Waals surface area contributed by atoms with Crippen molar-refractivity contribution in [1.82, 2.24) is 4.90 Å². The molecule has 4 heteroatoms. The van der Waals surface area contributed by atoms with E-state index in [1.165, 1.54) is 6.08 Å². The predicted octanol–water partition coefficient (Wildman–Crippen LogP) is 3.24. The van der Waals surface area contributed by atoms with Gasteiger partial charge in [0.2, 0.25) is 12.3 Å². The van der Waals surface area contributed by atoms with E-state index in [9.17, 15) is 13.6 Å². The third-order valence-corrected chi connectivity index (χ3v) is 2.47. The lowest BCUT2D eigenvalue weighted by Crippen LogP contribution is -2.29. The number of rotatable bonds is 9. The minimum Gasteiger partial charge on any atom is -0.339 e. The molecular formula is C12H21F2NO. The largest absolute Gasteiger partial charge is 0.339 e. The van der Waals surface area contributed by atoms with Gasteiger partial charge in [0.05, 0.1) is 0 Å². The minimum atomic E-state index is -2.19. The summed E-state index contributed by atoms with van der Waals surface area (Å²) in [7, 11) is 0. The number of carbonyl (C=O) groups excluding carboxylic acids is 1. The Morgan fingerprint density at radius 2 is 1.94 bits per heavy atom. The van der Waals surface area contributed by atoms with E-state index < -0.39 is 6.43 Å². The van der Waals surface area contributed by atoms with Crippen molar-refractivity contribution in [2.45, 2.75) is 45.5 Å². The second-order valence-corrected chi connectivity index (χ2v) is 3.72. The number of halogens is 2. The van der Waals surface area contributed by atoms with E-state index in [2.05, 4.69) is 6.58 Å². The van der Waals surface area contributed by atoms with E-state index in [1.807, 2.05) is 6.92 Å². The molecule has 2 nitrogen and oxygen atoms in total. The molecule has 0 unspecified atom stereocenters. The maximum atomic E-state index is 11.8. The van der Waals surface area contributed by atoms with Crippen LogP contribution in [-0.4, -0.2) is 30.3 Å². The van der Waals surface area contributed by atoms with Crippen LogP contribution in [0.4, 0.5) is 8.78 Å². The van der Waals surface area contributed by atoms with Gasteiger partial charge in [0.15, 0.2) is 0 Å². The first-order valence-corrected chi connectivity index (χ1v) is 5.81. The molecule has 16 heavy (non-hydrogen) atoms. The molecule has 0 radical (unpaired) electrons. The van der Waals surface area contributed by atoms with Crippen LogP contribution in [0.3, 0.4) is 0 Å². The normalized spacial score (nSPS) is 10.5. The average Bonchev–Trinajstić information content (AvgIpc) is 2.27. The predicted molar refractivity (Wildman–Crippen MR) is 61.5 cm³/mol. The molecule has 0 aliphatic rings. The van der Waals surface area contributed by atoms with Gasteiger partial charge in [-0.25, -0.2) is 8.78 Å². The van der Waals surface area contributed by atoms with Crippen molar-refractivity contribution < 1.29 is 13.6 Å². The van der Waals surface area contributed by atoms with E-state index in [0.29, 0.717) is 19.5 Å². The van der Waals surface area contributed by atoms with Crippen LogP contribution >= 0.6 is 0 Å². The van der Waals surface area contributed by atoms with Crippen LogP contribution < -0.4 is 0 Å². The van der Waals surface area contributed by atoms with Crippen molar-refractivity contribution in [3.63, 3.8) is 0 Å². The highest BCUT2D eigenvalue weighted by Crippen LogP contribution is 2.09. The number of unbranched alkanes of at least 4 members (excludes halogenated alkanes) is 3. The van der Waals surface area contributed by atoms with Crippen LogP contribution in [-0.2, 0) is 4.79 Å². The molecule has 0 N–H and O–H groups in total. The maximum absolute atomic E-state index is 11.8. The monoisotopic (exact) mass is 233 g/mol. The van der Waals surface area contributed by atoms with Gasteiger partial charge in [0.1, 0.15) is 0 Å². The summed E-state index contributed by atoms with van der Waals surface area (Å²) < 4.78 is 23.6. The molecule has 0 heterocycles. The second-order valence-electron chi connectivity index (χ2n) is 3.72. The standard InChI is InChI=1S/C12H21F2NO/c1-3-12(16)15(4-2)10-8-6-5-7-9-11(13)14/h3,11H,1,4-10H2,2H3. The molecule has 94 valence electrons. The summed E-state index contributed by atoms with van der Waals surface area (Å²) in [5.74, 6) is -0.0601. The van der Waals surface area contributed by atoms with E-state index in [-0.39, 0.29) is 12.3 Å². The van der Waals surface area contributed by atoms with Crippen LogP contribution in [0.25, 0.3) is 0 Å². The highest BCUT2D eigenvalue weighted by molar-refractivity contribution is 5.86. The molecule has 0 aromatic carbocycles. The number of likely N-dealkylation sites (N-methyl/N-ethyl adjacent to an activating group) is 1. The lowest BCUT2D eigenvalue weighted by molar-refractivity contribution is -0.125. The van der Waals surface area contributed by atoms with Gasteiger partial charge in [-0.1, -0.05) is 19.4 Å². The minimum absolute atomic E-state index is 0.0108. The Labute approximate surface area is 96.3 Å². The fraction of sp³-hybridized carbons (Fsp3) is 0.750. The van der Waals surface area contributed by atoms with Gasteiger partial charge in [-0.05, 0) is 25.8 Å². The summed E-state index contributed by atoms with van der Waals surface area (Å²) in [6.45, 7) is 6.71. The van der Waals surface area contributed by atoms with Gasteiger partial charge in [-0.2, -0.15) is 0 Å². The van der Waals surface area contributed by atoms with Gasteiger partial charge < -0.3 is 4.90 Å². The molecule has 0 saturated carbocycles. The summed E-state index contributed by atoms with van der Waals surface area (Å²) in [6.07, 6.45) is 2.26. The van der Waals surface area contributed by atoms with Crippen LogP contribution in [0.5, 0.6) is 0 Å². The zero-order valence-electron chi connectivity index (χ0n) is 9.92. The number of hydrogen-bond acceptors (Lipinski definition) is 1. The number of alkyl halides is 2. The second kappa shape index (κ2) is 9.31. The van der Waals surface area contributed by atoms with Gasteiger partial charge in [-0.3, -0.25) is 4.79 Å². The average molecular weight is 233 g/mol. The van der Waals surface area contributed by atoms with Gasteiger partial charge in [0.25, 0.3) is 0 Å². The molecule has 0 aromatic heterocycles. The van der Waals surface area contributed by atoms with Crippen molar-refractivity contribution in [3.05, 3.63) is 12.7 Å². The van der Waals surface area contributed by atoms with E-state index in [1.54, 1.807) is 4.90 Å². The molecule has 0 rings (SSSR count). The summed E-state index contributed by atoms with van der Waals surface area (Å²) in [5, 5.41) is 0. The molecule has 0 saturated heterocycles. The van der Waals surface area contributed by atoms with Crippen molar-refractivity contribution >= 4 is 5.91 Å². The molecule has 0 atom stereocenters. The van der Waals surface area contributed by atoms with E-state index >= 15 is 0 Å². The van der Waals surface area contributed by atoms with Gasteiger partial charge in [-0.15, -0.1) is 0 Å². The van der Waals surface area contributed by atoms with Crippen molar-refractivity contribution in [2.24, 2.45) is 0 Å². The Hall–Kier alpha value is -0.930. The van der Waals surface area contributed by atoms with Crippen LogP contribution in [0.15, 0.2) is 12.7 Å². The molecule has 0 aromatic rings. The fourth-order valence-electron chi connectivity index (χ4n) is 1.51. The fourth-order valence-corrected chi connectivity index (χ4v) is 1.51. The molecule has 0 aliphatic carbocycles. The molecule has 0 fully saturated rings. The number of carbonyl (C=O) groups is 1. The van der Waals surface area contributed by atoms with Crippen LogP contribution in [0.1, 0.15) is 39.0 Å². The molecule has 0 aliphatic heterocycles. The number of nitrogens with zero attached hydrogens (tertiary/aromatic N) is 1. The number of amides is 1. The van der Waals surface area contributed by atoms with Crippen molar-refractivity contribution in [1.29, 1.82) is 0 Å². The molecular weight excluding hydrogens is 212 g/mol. The maximum Gasteiger partial charge on any atom is 0.245 e. The van der Waals surface area contributed by atoms with Gasteiger partial charge in [0, 0.05) is 19.5 Å². The summed E-state index contributed by atoms with van der Waals surface area (Å²) in [6, 6.07) is 0. The lowest BCUT2D eigenvalue weighted by atomic mass is 10.1. The third-order valence-electron chi connectivity index (χ3n) is 2.47. The Bertz CT molecular complexity index is 207. The first-order chi connectivity index (χ1) is 7.61. The van der Waals surface area contributed by atoms with Crippen molar-refractivity contribution in [3.8, 4) is 0 Å². The third kappa shape index (κ3) is 7.37. The Balaban J connectivity index is 3.48. The van der Waals surface area contributed by atoms with E-state index in [0.717, 1.165) is 19.3 Å². The summed E-state index contributed by atoms with van der Waals surface area (Å²) in [4.78, 5) is 13.0. The summed E-state index contributed by atoms with van der Waals surface area (Å²) in [5.41, 5.74) is 0. The summed E-state index contributed by atoms with van der Waals surface area (Å²) >= 11 is 0. The zero-order valence-corrected chi connectivity index (χ0v) is 9.92. The van der Waals surface area contributed by atoms with Gasteiger partial charge >= 0.3 is 0 Å². The molecule has 0 bridgehead atoms.